The second kappa shape index (κ2) is 11.4. The number of likely N-dealkylation sites (tertiary alicyclic amines) is 1. The van der Waals surface area contributed by atoms with Gasteiger partial charge >= 0.3 is 0 Å². The number of carbonyl (C=O) groups is 1. The van der Waals surface area contributed by atoms with Crippen LogP contribution in [0.2, 0.25) is 0 Å². The molecule has 7 nitrogen and oxygen atoms in total. The number of carbonyl (C=O) groups excluding carboxylic acids is 1. The van der Waals surface area contributed by atoms with Crippen LogP contribution in [0.1, 0.15) is 50.4 Å². The number of benzene rings is 1. The van der Waals surface area contributed by atoms with E-state index < -0.39 is 5.82 Å². The molecule has 1 aliphatic heterocycles. The molecule has 5 aromatic rings. The number of nitrogens with one attached hydrogen (secondary N) is 1. The molecule has 0 bridgehead atoms. The van der Waals surface area contributed by atoms with E-state index in [0.29, 0.717) is 16.9 Å². The summed E-state index contributed by atoms with van der Waals surface area (Å²) in [6.07, 6.45) is 7.72. The Morgan fingerprint density at radius 1 is 0.976 bits per heavy atom. The maximum atomic E-state index is 15.3. The topological polar surface area (TPSA) is 75.4 Å². The molecule has 5 heterocycles. The highest BCUT2D eigenvalue weighted by atomic mass is 19.1. The number of rotatable bonds is 7. The Morgan fingerprint density at radius 2 is 1.81 bits per heavy atom. The van der Waals surface area contributed by atoms with Crippen molar-refractivity contribution in [1.29, 1.82) is 0 Å². The molecule has 8 heteroatoms. The average molecular weight is 563 g/mol. The minimum absolute atomic E-state index is 0.0877. The number of anilines is 1. The predicted octanol–water partition coefficient (Wildman–Crippen LogP) is 6.67. The molecule has 0 radical (unpaired) electrons. The van der Waals surface area contributed by atoms with Gasteiger partial charge in [-0.3, -0.25) is 19.1 Å². The summed E-state index contributed by atoms with van der Waals surface area (Å²) in [6.45, 7) is 9.34. The Balaban J connectivity index is 1.18. The van der Waals surface area contributed by atoms with Crippen molar-refractivity contribution >= 4 is 17.4 Å². The van der Waals surface area contributed by atoms with Crippen molar-refractivity contribution in [2.24, 2.45) is 0 Å². The van der Waals surface area contributed by atoms with Crippen LogP contribution in [0.25, 0.3) is 28.2 Å². The molecule has 0 aliphatic carbocycles. The summed E-state index contributed by atoms with van der Waals surface area (Å²) in [5.74, 6) is -0.229. The van der Waals surface area contributed by atoms with Crippen molar-refractivity contribution < 1.29 is 9.18 Å². The zero-order valence-corrected chi connectivity index (χ0v) is 24.3. The van der Waals surface area contributed by atoms with Crippen LogP contribution >= 0.6 is 0 Å². The van der Waals surface area contributed by atoms with Gasteiger partial charge in [0.2, 0.25) is 5.91 Å². The molecule has 42 heavy (non-hydrogen) atoms. The van der Waals surface area contributed by atoms with Crippen molar-refractivity contribution in [1.82, 2.24) is 24.3 Å². The third kappa shape index (κ3) is 6.09. The Labute approximate surface area is 245 Å². The monoisotopic (exact) mass is 562 g/mol. The number of hydrogen-bond acceptors (Lipinski definition) is 5. The first kappa shape index (κ1) is 27.7. The van der Waals surface area contributed by atoms with Crippen LogP contribution in [0, 0.1) is 5.82 Å². The van der Waals surface area contributed by atoms with Crippen LogP contribution in [0.15, 0.2) is 79.3 Å². The normalized spacial score (nSPS) is 14.0. The second-order valence-corrected chi connectivity index (χ2v) is 12.0. The summed E-state index contributed by atoms with van der Waals surface area (Å²) < 4.78 is 17.2. The molecule has 6 rings (SSSR count). The molecule has 214 valence electrons. The first-order valence-corrected chi connectivity index (χ1v) is 14.4. The van der Waals surface area contributed by atoms with Crippen molar-refractivity contribution in [3.63, 3.8) is 0 Å². The van der Waals surface area contributed by atoms with Crippen LogP contribution in [-0.4, -0.2) is 43.2 Å². The number of halogens is 1. The summed E-state index contributed by atoms with van der Waals surface area (Å²) in [5, 5.41) is 2.93. The highest BCUT2D eigenvalue weighted by Crippen LogP contribution is 2.28. The van der Waals surface area contributed by atoms with E-state index in [1.807, 2.05) is 53.1 Å². The molecule has 1 N–H and O–H groups in total. The maximum absolute atomic E-state index is 15.3. The van der Waals surface area contributed by atoms with Gasteiger partial charge < -0.3 is 5.32 Å². The quantitative estimate of drug-likeness (QED) is 0.240. The van der Waals surface area contributed by atoms with E-state index in [9.17, 15) is 4.79 Å². The van der Waals surface area contributed by atoms with Gasteiger partial charge in [0.25, 0.3) is 0 Å². The minimum atomic E-state index is -0.436. The highest BCUT2D eigenvalue weighted by Gasteiger charge is 2.20. The molecule has 0 spiro atoms. The molecule has 0 atom stereocenters. The number of amides is 1. The van der Waals surface area contributed by atoms with Gasteiger partial charge in [-0.25, -0.2) is 14.4 Å². The number of hydrogen-bond donors (Lipinski definition) is 1. The van der Waals surface area contributed by atoms with E-state index in [1.54, 1.807) is 18.5 Å². The molecular formula is C34H35FN6O. The lowest BCUT2D eigenvalue weighted by Crippen LogP contribution is -2.22. The third-order valence-electron chi connectivity index (χ3n) is 7.77. The van der Waals surface area contributed by atoms with E-state index in [0.717, 1.165) is 53.5 Å². The van der Waals surface area contributed by atoms with Gasteiger partial charge in [0.1, 0.15) is 17.3 Å². The fourth-order valence-corrected chi connectivity index (χ4v) is 5.43. The number of fused-ring (bicyclic) bond motifs is 1. The molecule has 0 saturated carbocycles. The zero-order valence-electron chi connectivity index (χ0n) is 24.3. The number of aromatic nitrogens is 4. The SMILES string of the molecule is CC(C)(C)c1cc(CN2CCCC2)nc(NC(=O)Cc2ccc(-c3cnc4cc(-c5ccccn5)ccn34)cc2F)c1. The summed E-state index contributed by atoms with van der Waals surface area (Å²) in [5.41, 5.74) is 6.29. The van der Waals surface area contributed by atoms with Crippen LogP contribution in [0.5, 0.6) is 0 Å². The lowest BCUT2D eigenvalue weighted by molar-refractivity contribution is -0.115. The summed E-state index contributed by atoms with van der Waals surface area (Å²) >= 11 is 0. The Hall–Kier alpha value is -4.43. The van der Waals surface area contributed by atoms with Crippen LogP contribution in [0.4, 0.5) is 10.2 Å². The van der Waals surface area contributed by atoms with Gasteiger partial charge in [0, 0.05) is 30.1 Å². The fraction of sp³-hybridized carbons (Fsp3) is 0.294. The van der Waals surface area contributed by atoms with Gasteiger partial charge in [-0.05, 0) is 84.9 Å². The molecule has 1 fully saturated rings. The Kier molecular flexibility index (Phi) is 7.56. The highest BCUT2D eigenvalue weighted by molar-refractivity contribution is 5.91. The van der Waals surface area contributed by atoms with Crippen LogP contribution in [-0.2, 0) is 23.2 Å². The van der Waals surface area contributed by atoms with Crippen molar-refractivity contribution in [3.8, 4) is 22.5 Å². The van der Waals surface area contributed by atoms with Crippen molar-refractivity contribution in [2.45, 2.75) is 52.0 Å². The molecular weight excluding hydrogens is 527 g/mol. The minimum Gasteiger partial charge on any atom is -0.310 e. The fourth-order valence-electron chi connectivity index (χ4n) is 5.43. The van der Waals surface area contributed by atoms with Crippen molar-refractivity contribution in [3.05, 3.63) is 102 Å². The van der Waals surface area contributed by atoms with E-state index in [2.05, 4.69) is 47.0 Å². The van der Waals surface area contributed by atoms with Gasteiger partial charge in [0.15, 0.2) is 0 Å². The number of pyridine rings is 3. The molecule has 1 aliphatic rings. The smallest absolute Gasteiger partial charge is 0.230 e. The zero-order chi connectivity index (χ0) is 29.3. The van der Waals surface area contributed by atoms with E-state index in [-0.39, 0.29) is 17.7 Å². The van der Waals surface area contributed by atoms with E-state index in [4.69, 9.17) is 4.98 Å². The largest absolute Gasteiger partial charge is 0.310 e. The molecule has 1 saturated heterocycles. The van der Waals surface area contributed by atoms with Crippen LogP contribution < -0.4 is 5.32 Å². The summed E-state index contributed by atoms with van der Waals surface area (Å²) in [7, 11) is 0. The first-order chi connectivity index (χ1) is 20.2. The second-order valence-electron chi connectivity index (χ2n) is 12.0. The predicted molar refractivity (Wildman–Crippen MR) is 164 cm³/mol. The van der Waals surface area contributed by atoms with Crippen molar-refractivity contribution in [2.75, 3.05) is 18.4 Å². The summed E-state index contributed by atoms with van der Waals surface area (Å²) in [6, 6.07) is 18.7. The number of imidazole rings is 1. The molecule has 0 unspecified atom stereocenters. The summed E-state index contributed by atoms with van der Waals surface area (Å²) in [4.78, 5) is 29.1. The van der Waals surface area contributed by atoms with E-state index >= 15 is 4.39 Å². The van der Waals surface area contributed by atoms with E-state index in [1.165, 1.54) is 18.9 Å². The lowest BCUT2D eigenvalue weighted by atomic mass is 9.87. The molecule has 1 amide bonds. The van der Waals surface area contributed by atoms with Gasteiger partial charge in [0.05, 0.1) is 29.7 Å². The Morgan fingerprint density at radius 3 is 2.55 bits per heavy atom. The molecule has 1 aromatic carbocycles. The van der Waals surface area contributed by atoms with Gasteiger partial charge in [-0.15, -0.1) is 0 Å². The van der Waals surface area contributed by atoms with Crippen LogP contribution in [0.3, 0.4) is 0 Å². The average Bonchev–Trinajstić information content (AvgIpc) is 3.64. The Bertz CT molecular complexity index is 1730. The number of nitrogens with zero attached hydrogens (tertiary/aromatic N) is 5. The van der Waals surface area contributed by atoms with Gasteiger partial charge in [-0.2, -0.15) is 0 Å². The third-order valence-corrected chi connectivity index (χ3v) is 7.77. The maximum Gasteiger partial charge on any atom is 0.230 e. The first-order valence-electron chi connectivity index (χ1n) is 14.4. The standard InChI is InChI=1S/C34H35FN6O/c1-34(2,3)26-19-27(22-40-13-6-7-14-40)38-31(20-26)39-33(42)18-23-9-10-25(16-28(23)35)30-21-37-32-17-24(11-15-41(30)32)29-8-4-5-12-36-29/h4-5,8-12,15-17,19-21H,6-7,13-14,18,22H2,1-3H3,(H,38,39,42). The van der Waals surface area contributed by atoms with Gasteiger partial charge in [-0.1, -0.05) is 39.0 Å². The molecule has 4 aromatic heterocycles. The lowest BCUT2D eigenvalue weighted by Gasteiger charge is -2.22.